The van der Waals surface area contributed by atoms with Crippen molar-refractivity contribution in [3.05, 3.63) is 60.7 Å². The highest BCUT2D eigenvalue weighted by Gasteiger charge is 2.59. The molecule has 0 radical (unpaired) electrons. The lowest BCUT2D eigenvalue weighted by Gasteiger charge is -2.17. The maximum atomic E-state index is 13.1. The van der Waals surface area contributed by atoms with E-state index < -0.39 is 0 Å². The van der Waals surface area contributed by atoms with Gasteiger partial charge in [-0.1, -0.05) is 42.1 Å². The third-order valence-corrected chi connectivity index (χ3v) is 9.00. The van der Waals surface area contributed by atoms with Crippen LogP contribution in [0, 0.1) is 23.7 Å². The van der Waals surface area contributed by atoms with E-state index in [1.54, 1.807) is 6.07 Å². The molecule has 35 heavy (non-hydrogen) atoms. The number of carbonyl (C=O) groups excluding carboxylic acids is 3. The van der Waals surface area contributed by atoms with Gasteiger partial charge >= 0.3 is 0 Å². The number of thiazole rings is 1. The monoisotopic (exact) mass is 505 g/mol. The SMILES string of the molecule is O=C(CSc1nc2ccc(N3C(=O)[C@H]4[C@H](C3=O)[C@H]3C=C[C@H]4C3)cc2s1)NCCOc1ccccc1. The van der Waals surface area contributed by atoms with E-state index in [4.69, 9.17) is 4.74 Å². The molecule has 178 valence electrons. The Kier molecular flexibility index (Phi) is 5.82. The number of fused-ring (bicyclic) bond motifs is 6. The Morgan fingerprint density at radius 2 is 1.83 bits per heavy atom. The third-order valence-electron chi connectivity index (χ3n) is 6.84. The Bertz CT molecular complexity index is 1310. The smallest absolute Gasteiger partial charge is 0.238 e. The number of allylic oxidation sites excluding steroid dienone is 2. The Balaban J connectivity index is 1.05. The molecule has 2 aliphatic carbocycles. The number of aromatic nitrogens is 1. The van der Waals surface area contributed by atoms with Gasteiger partial charge < -0.3 is 10.1 Å². The van der Waals surface area contributed by atoms with Gasteiger partial charge in [-0.05, 0) is 48.6 Å². The predicted octanol–water partition coefficient (Wildman–Crippen LogP) is 3.90. The zero-order valence-electron chi connectivity index (χ0n) is 18.8. The van der Waals surface area contributed by atoms with Crippen LogP contribution in [0.5, 0.6) is 5.75 Å². The van der Waals surface area contributed by atoms with Gasteiger partial charge in [0, 0.05) is 0 Å². The van der Waals surface area contributed by atoms with Crippen LogP contribution >= 0.6 is 23.1 Å². The van der Waals surface area contributed by atoms with Gasteiger partial charge in [-0.2, -0.15) is 0 Å². The second-order valence-corrected chi connectivity index (χ2v) is 11.2. The van der Waals surface area contributed by atoms with Crippen LogP contribution in [-0.4, -0.2) is 41.6 Å². The maximum Gasteiger partial charge on any atom is 0.238 e. The summed E-state index contributed by atoms with van der Waals surface area (Å²) < 4.78 is 7.24. The number of rotatable bonds is 8. The number of anilines is 1. The predicted molar refractivity (Wildman–Crippen MR) is 136 cm³/mol. The largest absolute Gasteiger partial charge is 0.492 e. The first-order valence-corrected chi connectivity index (χ1v) is 13.4. The van der Waals surface area contributed by atoms with Crippen molar-refractivity contribution in [2.75, 3.05) is 23.8 Å². The molecule has 9 heteroatoms. The molecular formula is C26H23N3O4S2. The van der Waals surface area contributed by atoms with Gasteiger partial charge in [0.25, 0.3) is 0 Å². The molecule has 2 bridgehead atoms. The number of hydrogen-bond acceptors (Lipinski definition) is 7. The Hall–Kier alpha value is -3.17. The summed E-state index contributed by atoms with van der Waals surface area (Å²) in [7, 11) is 0. The van der Waals surface area contributed by atoms with Gasteiger partial charge in [0.2, 0.25) is 17.7 Å². The number of thioether (sulfide) groups is 1. The molecule has 2 heterocycles. The minimum atomic E-state index is -0.211. The molecule has 2 aromatic carbocycles. The van der Waals surface area contributed by atoms with Gasteiger partial charge in [0.05, 0.1) is 40.0 Å². The van der Waals surface area contributed by atoms with Crippen LogP contribution in [0.4, 0.5) is 5.69 Å². The highest BCUT2D eigenvalue weighted by molar-refractivity contribution is 8.01. The van der Waals surface area contributed by atoms with Crippen LogP contribution in [-0.2, 0) is 14.4 Å². The average Bonchev–Trinajstić information content (AvgIpc) is 3.63. The molecule has 1 aromatic heterocycles. The molecule has 7 nitrogen and oxygen atoms in total. The molecular weight excluding hydrogens is 482 g/mol. The van der Waals surface area contributed by atoms with Gasteiger partial charge in [0.15, 0.2) is 4.34 Å². The Morgan fingerprint density at radius 1 is 1.09 bits per heavy atom. The van der Waals surface area contributed by atoms with E-state index in [2.05, 4.69) is 22.5 Å². The lowest BCUT2D eigenvalue weighted by Crippen LogP contribution is -2.32. The van der Waals surface area contributed by atoms with Crippen molar-refractivity contribution in [1.82, 2.24) is 10.3 Å². The first-order chi connectivity index (χ1) is 17.1. The first-order valence-electron chi connectivity index (χ1n) is 11.6. The van der Waals surface area contributed by atoms with Crippen molar-refractivity contribution < 1.29 is 19.1 Å². The van der Waals surface area contributed by atoms with Crippen LogP contribution in [0.25, 0.3) is 10.2 Å². The van der Waals surface area contributed by atoms with E-state index in [1.165, 1.54) is 28.0 Å². The summed E-state index contributed by atoms with van der Waals surface area (Å²) in [5.74, 6) is 0.737. The topological polar surface area (TPSA) is 88.6 Å². The molecule has 1 saturated heterocycles. The maximum absolute atomic E-state index is 13.1. The summed E-state index contributed by atoms with van der Waals surface area (Å²) in [6.45, 7) is 0.826. The summed E-state index contributed by atoms with van der Waals surface area (Å²) in [4.78, 5) is 44.4. The number of benzene rings is 2. The van der Waals surface area contributed by atoms with E-state index in [0.717, 1.165) is 26.7 Å². The number of imide groups is 1. The normalized spacial score (nSPS) is 24.4. The molecule has 0 unspecified atom stereocenters. The van der Waals surface area contributed by atoms with E-state index in [0.29, 0.717) is 18.8 Å². The molecule has 3 aliphatic rings. The molecule has 0 spiro atoms. The number of hydrogen-bond donors (Lipinski definition) is 1. The van der Waals surface area contributed by atoms with Gasteiger partial charge in [-0.25, -0.2) is 9.88 Å². The molecule has 6 rings (SSSR count). The van der Waals surface area contributed by atoms with Crippen molar-refractivity contribution >= 4 is 56.7 Å². The standard InChI is InChI=1S/C26H23N3O4S2/c30-21(27-10-11-33-18-4-2-1-3-5-18)14-34-26-28-19-9-8-17(13-20(19)35-26)29-24(31)22-15-6-7-16(12-15)23(22)25(29)32/h1-9,13,15-16,22-23H,10-12,14H2,(H,27,30)/t15-,16-,22+,23+/m0/s1. The van der Waals surface area contributed by atoms with Crippen molar-refractivity contribution in [3.8, 4) is 5.75 Å². The van der Waals surface area contributed by atoms with E-state index >= 15 is 0 Å². The number of nitrogens with zero attached hydrogens (tertiary/aromatic N) is 2. The number of amides is 3. The lowest BCUT2D eigenvalue weighted by atomic mass is 9.85. The van der Waals surface area contributed by atoms with Crippen LogP contribution in [0.2, 0.25) is 0 Å². The fourth-order valence-electron chi connectivity index (χ4n) is 5.30. The van der Waals surface area contributed by atoms with Gasteiger partial charge in [-0.3, -0.25) is 14.4 Å². The summed E-state index contributed by atoms with van der Waals surface area (Å²) >= 11 is 2.83. The van der Waals surface area contributed by atoms with E-state index in [9.17, 15) is 14.4 Å². The van der Waals surface area contributed by atoms with Crippen molar-refractivity contribution in [2.24, 2.45) is 23.7 Å². The summed E-state index contributed by atoms with van der Waals surface area (Å²) in [5, 5.41) is 2.85. The zero-order chi connectivity index (χ0) is 23.9. The van der Waals surface area contributed by atoms with Gasteiger partial charge in [-0.15, -0.1) is 11.3 Å². The number of para-hydroxylation sites is 1. The molecule has 4 atom stereocenters. The number of ether oxygens (including phenoxy) is 1. The fraction of sp³-hybridized carbons (Fsp3) is 0.308. The van der Waals surface area contributed by atoms with Crippen molar-refractivity contribution in [1.29, 1.82) is 0 Å². The second-order valence-electron chi connectivity index (χ2n) is 8.94. The number of carbonyl (C=O) groups is 3. The van der Waals surface area contributed by atoms with Crippen LogP contribution in [0.3, 0.4) is 0 Å². The second kappa shape index (κ2) is 9.13. The Labute approximate surface area is 210 Å². The first kappa shape index (κ1) is 22.3. The van der Waals surface area contributed by atoms with Crippen molar-refractivity contribution in [2.45, 2.75) is 10.8 Å². The quantitative estimate of drug-likeness (QED) is 0.216. The molecule has 1 N–H and O–H groups in total. The van der Waals surface area contributed by atoms with Crippen LogP contribution in [0.1, 0.15) is 6.42 Å². The molecule has 3 amide bonds. The van der Waals surface area contributed by atoms with Crippen LogP contribution in [0.15, 0.2) is 65.0 Å². The van der Waals surface area contributed by atoms with Gasteiger partial charge in [0.1, 0.15) is 12.4 Å². The van der Waals surface area contributed by atoms with Crippen molar-refractivity contribution in [3.63, 3.8) is 0 Å². The molecule has 1 aliphatic heterocycles. The lowest BCUT2D eigenvalue weighted by molar-refractivity contribution is -0.123. The van der Waals surface area contributed by atoms with E-state index in [-0.39, 0.29) is 47.1 Å². The zero-order valence-corrected chi connectivity index (χ0v) is 20.4. The fourth-order valence-corrected chi connectivity index (χ4v) is 7.24. The average molecular weight is 506 g/mol. The summed E-state index contributed by atoms with van der Waals surface area (Å²) in [6, 6.07) is 15.0. The van der Waals surface area contributed by atoms with Crippen LogP contribution < -0.4 is 15.0 Å². The third kappa shape index (κ3) is 4.12. The summed E-state index contributed by atoms with van der Waals surface area (Å²) in [6.07, 6.45) is 5.12. The highest BCUT2D eigenvalue weighted by Crippen LogP contribution is 2.53. The molecule has 2 fully saturated rings. The highest BCUT2D eigenvalue weighted by atomic mass is 32.2. The summed E-state index contributed by atoms with van der Waals surface area (Å²) in [5.41, 5.74) is 1.40. The Morgan fingerprint density at radius 3 is 2.57 bits per heavy atom. The minimum absolute atomic E-state index is 0.0803. The van der Waals surface area contributed by atoms with E-state index in [1.807, 2.05) is 42.5 Å². The molecule has 3 aromatic rings. The number of nitrogens with one attached hydrogen (secondary N) is 1. The molecule has 1 saturated carbocycles. The minimum Gasteiger partial charge on any atom is -0.492 e.